The molecule has 9 nitrogen and oxygen atoms in total. The number of urea groups is 1. The van der Waals surface area contributed by atoms with Crippen molar-refractivity contribution in [1.82, 2.24) is 9.62 Å². The Balaban J connectivity index is 1.76. The fraction of sp³-hybridized carbons (Fsp3) is 0.333. The monoisotopic (exact) mass is 464 g/mol. The highest BCUT2D eigenvalue weighted by Gasteiger charge is 2.29. The maximum absolute atomic E-state index is 14.3. The zero-order chi connectivity index (χ0) is 23.3. The summed E-state index contributed by atoms with van der Waals surface area (Å²) in [6.07, 6.45) is 0. The predicted octanol–water partition coefficient (Wildman–Crippen LogP) is 2.63. The molecule has 1 aliphatic heterocycles. The Hall–Kier alpha value is -3.02. The molecule has 0 atom stereocenters. The molecule has 0 saturated carbocycles. The van der Waals surface area contributed by atoms with E-state index in [0.717, 1.165) is 16.4 Å². The summed E-state index contributed by atoms with van der Waals surface area (Å²) >= 11 is 0. The molecule has 32 heavy (non-hydrogen) atoms. The van der Waals surface area contributed by atoms with Gasteiger partial charge in [-0.1, -0.05) is 6.07 Å². The SMILES string of the molecule is CC(C)NC(=O)Nc1cccc(C(=O)Nc2ccc(F)c(S(=O)(=O)N3CCOCC3)c2)c1. The van der Waals surface area contributed by atoms with Crippen LogP contribution in [0.15, 0.2) is 47.4 Å². The van der Waals surface area contributed by atoms with Crippen LogP contribution >= 0.6 is 0 Å². The summed E-state index contributed by atoms with van der Waals surface area (Å²) in [6, 6.07) is 9.15. The fourth-order valence-corrected chi connectivity index (χ4v) is 4.57. The van der Waals surface area contributed by atoms with Crippen molar-refractivity contribution >= 4 is 33.3 Å². The molecule has 1 saturated heterocycles. The van der Waals surface area contributed by atoms with E-state index in [1.165, 1.54) is 18.2 Å². The third kappa shape index (κ3) is 5.81. The summed E-state index contributed by atoms with van der Waals surface area (Å²) in [5, 5.41) is 7.88. The molecule has 0 unspecified atom stereocenters. The summed E-state index contributed by atoms with van der Waals surface area (Å²) in [4.78, 5) is 24.0. The zero-order valence-corrected chi connectivity index (χ0v) is 18.5. The second kappa shape index (κ2) is 10.1. The molecule has 1 heterocycles. The van der Waals surface area contributed by atoms with Gasteiger partial charge in [-0.25, -0.2) is 17.6 Å². The van der Waals surface area contributed by atoms with Crippen LogP contribution in [0.5, 0.6) is 0 Å². The Bertz CT molecular complexity index is 1100. The second-order valence-electron chi connectivity index (χ2n) is 7.45. The average molecular weight is 465 g/mol. The number of amides is 3. The third-order valence-electron chi connectivity index (χ3n) is 4.58. The minimum absolute atomic E-state index is 0.0529. The molecule has 3 amide bonds. The van der Waals surface area contributed by atoms with Crippen molar-refractivity contribution in [2.45, 2.75) is 24.8 Å². The number of rotatable bonds is 6. The molecule has 0 bridgehead atoms. The lowest BCUT2D eigenvalue weighted by molar-refractivity contribution is 0.0729. The number of halogens is 1. The highest BCUT2D eigenvalue weighted by Crippen LogP contribution is 2.24. The van der Waals surface area contributed by atoms with Crippen molar-refractivity contribution in [3.8, 4) is 0 Å². The summed E-state index contributed by atoms with van der Waals surface area (Å²) in [7, 11) is -4.07. The Labute approximate surface area is 186 Å². The normalized spacial score (nSPS) is 14.8. The predicted molar refractivity (Wildman–Crippen MR) is 118 cm³/mol. The number of sulfonamides is 1. The van der Waals surface area contributed by atoms with Gasteiger partial charge in [0.15, 0.2) is 0 Å². The molecule has 3 N–H and O–H groups in total. The van der Waals surface area contributed by atoms with Crippen LogP contribution < -0.4 is 16.0 Å². The quantitative estimate of drug-likeness (QED) is 0.608. The lowest BCUT2D eigenvalue weighted by Crippen LogP contribution is -2.40. The number of nitrogens with one attached hydrogen (secondary N) is 3. The maximum Gasteiger partial charge on any atom is 0.319 e. The number of benzene rings is 2. The highest BCUT2D eigenvalue weighted by atomic mass is 32.2. The van der Waals surface area contributed by atoms with Gasteiger partial charge in [0, 0.05) is 36.1 Å². The largest absolute Gasteiger partial charge is 0.379 e. The number of carbonyl (C=O) groups excluding carboxylic acids is 2. The second-order valence-corrected chi connectivity index (χ2v) is 9.36. The van der Waals surface area contributed by atoms with Gasteiger partial charge in [-0.3, -0.25) is 4.79 Å². The van der Waals surface area contributed by atoms with Gasteiger partial charge < -0.3 is 20.7 Å². The third-order valence-corrected chi connectivity index (χ3v) is 6.49. The molecule has 3 rings (SSSR count). The summed E-state index contributed by atoms with van der Waals surface area (Å²) in [5.41, 5.74) is 0.763. The van der Waals surface area contributed by atoms with Crippen LogP contribution in [0.3, 0.4) is 0 Å². The van der Waals surface area contributed by atoms with Crippen LogP contribution in [-0.2, 0) is 14.8 Å². The van der Waals surface area contributed by atoms with Crippen molar-refractivity contribution < 1.29 is 27.1 Å². The van der Waals surface area contributed by atoms with Crippen molar-refractivity contribution in [2.24, 2.45) is 0 Å². The van der Waals surface area contributed by atoms with Gasteiger partial charge in [-0.05, 0) is 50.2 Å². The summed E-state index contributed by atoms with van der Waals surface area (Å²) in [5.74, 6) is -1.45. The van der Waals surface area contributed by atoms with Gasteiger partial charge in [0.2, 0.25) is 10.0 Å². The molecule has 1 fully saturated rings. The Morgan fingerprint density at radius 2 is 1.72 bits per heavy atom. The molecule has 172 valence electrons. The number of ether oxygens (including phenoxy) is 1. The average Bonchev–Trinajstić information content (AvgIpc) is 2.75. The van der Waals surface area contributed by atoms with E-state index in [1.807, 2.05) is 13.8 Å². The smallest absolute Gasteiger partial charge is 0.319 e. The lowest BCUT2D eigenvalue weighted by atomic mass is 10.2. The summed E-state index contributed by atoms with van der Waals surface area (Å²) < 4.78 is 46.3. The van der Waals surface area contributed by atoms with Crippen molar-refractivity contribution in [2.75, 3.05) is 36.9 Å². The van der Waals surface area contributed by atoms with E-state index in [4.69, 9.17) is 4.74 Å². The molecule has 2 aromatic rings. The van der Waals surface area contributed by atoms with E-state index < -0.39 is 32.7 Å². The molecule has 0 spiro atoms. The van der Waals surface area contributed by atoms with Gasteiger partial charge in [-0.2, -0.15) is 4.31 Å². The molecule has 2 aromatic carbocycles. The van der Waals surface area contributed by atoms with Crippen LogP contribution in [0.25, 0.3) is 0 Å². The first-order valence-electron chi connectivity index (χ1n) is 10.0. The lowest BCUT2D eigenvalue weighted by Gasteiger charge is -2.26. The van der Waals surface area contributed by atoms with Crippen LogP contribution in [0.4, 0.5) is 20.6 Å². The zero-order valence-electron chi connectivity index (χ0n) is 17.7. The van der Waals surface area contributed by atoms with Gasteiger partial charge in [0.25, 0.3) is 5.91 Å². The maximum atomic E-state index is 14.3. The number of hydrogen-bond donors (Lipinski definition) is 3. The molecule has 1 aliphatic rings. The van der Waals surface area contributed by atoms with Crippen LogP contribution in [0.1, 0.15) is 24.2 Å². The fourth-order valence-electron chi connectivity index (χ4n) is 3.08. The van der Waals surface area contributed by atoms with E-state index in [9.17, 15) is 22.4 Å². The van der Waals surface area contributed by atoms with Crippen LogP contribution in [0.2, 0.25) is 0 Å². The molecule has 0 radical (unpaired) electrons. The van der Waals surface area contributed by atoms with E-state index in [2.05, 4.69) is 16.0 Å². The van der Waals surface area contributed by atoms with Crippen molar-refractivity contribution in [3.63, 3.8) is 0 Å². The van der Waals surface area contributed by atoms with Crippen LogP contribution in [-0.4, -0.2) is 57.0 Å². The Morgan fingerprint density at radius 3 is 2.41 bits per heavy atom. The minimum atomic E-state index is -4.07. The first-order valence-corrected chi connectivity index (χ1v) is 11.5. The van der Waals surface area contributed by atoms with Gasteiger partial charge in [-0.15, -0.1) is 0 Å². The number of nitrogens with zero attached hydrogens (tertiary/aromatic N) is 1. The minimum Gasteiger partial charge on any atom is -0.379 e. The van der Waals surface area contributed by atoms with Crippen molar-refractivity contribution in [3.05, 3.63) is 53.8 Å². The first kappa shape index (κ1) is 23.6. The van der Waals surface area contributed by atoms with Gasteiger partial charge in [0.05, 0.1) is 13.2 Å². The highest BCUT2D eigenvalue weighted by molar-refractivity contribution is 7.89. The number of carbonyl (C=O) groups is 2. The Kier molecular flexibility index (Phi) is 7.44. The summed E-state index contributed by atoms with van der Waals surface area (Å²) in [6.45, 7) is 4.36. The van der Waals surface area contributed by atoms with Crippen LogP contribution in [0, 0.1) is 5.82 Å². The van der Waals surface area contributed by atoms with E-state index in [1.54, 1.807) is 12.1 Å². The topological polar surface area (TPSA) is 117 Å². The first-order chi connectivity index (χ1) is 15.2. The van der Waals surface area contributed by atoms with E-state index >= 15 is 0 Å². The van der Waals surface area contributed by atoms with E-state index in [0.29, 0.717) is 5.69 Å². The van der Waals surface area contributed by atoms with Crippen molar-refractivity contribution in [1.29, 1.82) is 0 Å². The van der Waals surface area contributed by atoms with Gasteiger partial charge >= 0.3 is 6.03 Å². The number of morpholine rings is 1. The number of anilines is 2. The van der Waals surface area contributed by atoms with Gasteiger partial charge in [0.1, 0.15) is 10.7 Å². The Morgan fingerprint density at radius 1 is 1.03 bits per heavy atom. The van der Waals surface area contributed by atoms with E-state index in [-0.39, 0.29) is 43.6 Å². The molecular formula is C21H25FN4O5S. The molecule has 0 aromatic heterocycles. The molecule has 11 heteroatoms. The molecule has 0 aliphatic carbocycles. The standard InChI is InChI=1S/C21H25FN4O5S/c1-14(2)23-21(28)25-16-5-3-4-15(12-16)20(27)24-17-6-7-18(22)19(13-17)32(29,30)26-8-10-31-11-9-26/h3-7,12-14H,8-11H2,1-2H3,(H,24,27)(H2,23,25,28). The number of hydrogen-bond acceptors (Lipinski definition) is 5. The molecular weight excluding hydrogens is 439 g/mol.